The van der Waals surface area contributed by atoms with Gasteiger partial charge in [0.05, 0.1) is 5.69 Å². The zero-order chi connectivity index (χ0) is 13.3. The largest absolute Gasteiger partial charge is 0.262 e. The van der Waals surface area contributed by atoms with Crippen LogP contribution in [0.5, 0.6) is 0 Å². The molecule has 19 heavy (non-hydrogen) atoms. The summed E-state index contributed by atoms with van der Waals surface area (Å²) in [5.41, 5.74) is 1.14. The average molecular weight is 285 g/mol. The lowest BCUT2D eigenvalue weighted by Gasteiger charge is -2.14. The van der Waals surface area contributed by atoms with E-state index in [1.54, 1.807) is 11.3 Å². The van der Waals surface area contributed by atoms with E-state index < -0.39 is 7.05 Å². The van der Waals surface area contributed by atoms with Crippen molar-refractivity contribution in [3.8, 4) is 0 Å². The molecule has 3 aromatic rings. The first kappa shape index (κ1) is 12.7. The molecule has 0 fully saturated rings. The quantitative estimate of drug-likeness (QED) is 0.565. The highest BCUT2D eigenvalue weighted by Gasteiger charge is 2.10. The van der Waals surface area contributed by atoms with Crippen LogP contribution in [0.2, 0.25) is 0 Å². The molecule has 3 heteroatoms. The molecule has 0 atom stereocenters. The minimum Gasteiger partial charge on any atom is -0.262 e. The Labute approximate surface area is 118 Å². The smallest absolute Gasteiger partial charge is 0.0802 e. The van der Waals surface area contributed by atoms with Gasteiger partial charge in [-0.3, -0.25) is 4.74 Å². The fraction of sp³-hybridized carbons (Fsp3) is 0.125. The van der Waals surface area contributed by atoms with Crippen molar-refractivity contribution in [2.24, 2.45) is 4.74 Å². The van der Waals surface area contributed by atoms with Crippen molar-refractivity contribution in [2.75, 3.05) is 13.3 Å². The zero-order valence-electron chi connectivity index (χ0n) is 11.1. The van der Waals surface area contributed by atoms with E-state index in [0.717, 1.165) is 5.69 Å². The van der Waals surface area contributed by atoms with E-state index in [1.807, 2.05) is 0 Å². The summed E-state index contributed by atoms with van der Waals surface area (Å²) in [4.78, 5) is 0. The van der Waals surface area contributed by atoms with E-state index in [0.29, 0.717) is 0 Å². The lowest BCUT2D eigenvalue weighted by atomic mass is 10.2. The second kappa shape index (κ2) is 4.96. The van der Waals surface area contributed by atoms with Crippen molar-refractivity contribution in [1.82, 2.24) is 0 Å². The molecule has 0 radical (unpaired) electrons. The maximum atomic E-state index is 5.07. The number of nitrogens with zero attached hydrogens (tertiary/aromatic N) is 1. The maximum Gasteiger partial charge on any atom is 0.0802 e. The molecule has 0 N–H and O–H groups in total. The van der Waals surface area contributed by atoms with Gasteiger partial charge in [0.1, 0.15) is 0 Å². The summed E-state index contributed by atoms with van der Waals surface area (Å²) in [7, 11) is -1.46. The molecule has 0 aliphatic carbocycles. The van der Waals surface area contributed by atoms with Crippen molar-refractivity contribution >= 4 is 39.5 Å². The van der Waals surface area contributed by atoms with Crippen LogP contribution in [-0.2, 0) is 0 Å². The Morgan fingerprint density at radius 3 is 2.37 bits per heavy atom. The molecule has 0 bridgehead atoms. The number of fused-ring (bicyclic) bond motifs is 1. The van der Waals surface area contributed by atoms with Crippen molar-refractivity contribution in [2.45, 2.75) is 0 Å². The van der Waals surface area contributed by atoms with Crippen LogP contribution in [-0.4, -0.2) is 13.3 Å². The van der Waals surface area contributed by atoms with Crippen molar-refractivity contribution in [3.63, 3.8) is 0 Å². The Hall–Kier alpha value is -1.37. The van der Waals surface area contributed by atoms with Gasteiger partial charge in [-0.2, -0.15) is 0 Å². The highest BCUT2D eigenvalue weighted by Crippen LogP contribution is 2.46. The van der Waals surface area contributed by atoms with Crippen LogP contribution in [0.15, 0.2) is 64.7 Å². The standard InChI is InChI=1S/C16H16NPS/c1-18(2,13-8-4-3-5-9-13)17-15-12-19-16-11-7-6-10-14(15)16/h3-12H,1-2H3. The molecule has 0 aliphatic rings. The van der Waals surface area contributed by atoms with Crippen LogP contribution in [0, 0.1) is 0 Å². The third kappa shape index (κ3) is 2.51. The highest BCUT2D eigenvalue weighted by molar-refractivity contribution is 7.72. The summed E-state index contributed by atoms with van der Waals surface area (Å²) in [6.07, 6.45) is 0. The summed E-state index contributed by atoms with van der Waals surface area (Å²) in [6.45, 7) is 4.55. The van der Waals surface area contributed by atoms with Crippen LogP contribution in [0.4, 0.5) is 5.69 Å². The number of rotatable bonds is 2. The van der Waals surface area contributed by atoms with Gasteiger partial charge in [-0.15, -0.1) is 11.3 Å². The van der Waals surface area contributed by atoms with E-state index in [4.69, 9.17) is 4.74 Å². The van der Waals surface area contributed by atoms with Gasteiger partial charge in [0.25, 0.3) is 0 Å². The van der Waals surface area contributed by atoms with Crippen LogP contribution in [0.3, 0.4) is 0 Å². The summed E-state index contributed by atoms with van der Waals surface area (Å²) in [5, 5.41) is 4.80. The number of hydrogen-bond donors (Lipinski definition) is 0. The molecule has 0 saturated heterocycles. The monoisotopic (exact) mass is 285 g/mol. The number of thiophene rings is 1. The molecule has 1 heterocycles. The summed E-state index contributed by atoms with van der Waals surface area (Å²) in [6, 6.07) is 19.1. The van der Waals surface area contributed by atoms with Crippen LogP contribution in [0.1, 0.15) is 0 Å². The topological polar surface area (TPSA) is 12.4 Å². The Morgan fingerprint density at radius 2 is 1.58 bits per heavy atom. The van der Waals surface area contributed by atoms with Crippen LogP contribution >= 0.6 is 18.4 Å². The second-order valence-electron chi connectivity index (χ2n) is 4.95. The molecule has 2 aromatic carbocycles. The molecule has 96 valence electrons. The predicted molar refractivity (Wildman–Crippen MR) is 88.8 cm³/mol. The normalized spacial score (nSPS) is 11.7. The minimum atomic E-state index is -1.46. The van der Waals surface area contributed by atoms with Gasteiger partial charge in [0.2, 0.25) is 0 Å². The van der Waals surface area contributed by atoms with Crippen LogP contribution < -0.4 is 5.30 Å². The minimum absolute atomic E-state index is 1.14. The first-order chi connectivity index (χ1) is 9.17. The van der Waals surface area contributed by atoms with Gasteiger partial charge in [-0.05, 0) is 24.7 Å². The number of benzene rings is 2. The molecule has 1 nitrogen and oxygen atoms in total. The molecule has 0 spiro atoms. The van der Waals surface area contributed by atoms with E-state index in [-0.39, 0.29) is 0 Å². The summed E-state index contributed by atoms with van der Waals surface area (Å²) in [5.74, 6) is 0. The third-order valence-electron chi connectivity index (χ3n) is 3.21. The van der Waals surface area contributed by atoms with Crippen molar-refractivity contribution in [3.05, 3.63) is 60.0 Å². The van der Waals surface area contributed by atoms with E-state index in [9.17, 15) is 0 Å². The Kier molecular flexibility index (Phi) is 3.30. The molecule has 0 unspecified atom stereocenters. The fourth-order valence-electron chi connectivity index (χ4n) is 2.16. The van der Waals surface area contributed by atoms with Gasteiger partial charge >= 0.3 is 0 Å². The number of hydrogen-bond acceptors (Lipinski definition) is 2. The Balaban J connectivity index is 2.15. The molecule has 0 saturated carbocycles. The third-order valence-corrected chi connectivity index (χ3v) is 6.43. The Morgan fingerprint density at radius 1 is 0.895 bits per heavy atom. The molecule has 0 amide bonds. The lowest BCUT2D eigenvalue weighted by Crippen LogP contribution is -2.00. The van der Waals surface area contributed by atoms with Crippen LogP contribution in [0.25, 0.3) is 10.1 Å². The summed E-state index contributed by atoms with van der Waals surface area (Å²) < 4.78 is 6.39. The average Bonchev–Trinajstić information content (AvgIpc) is 2.83. The lowest BCUT2D eigenvalue weighted by molar-refractivity contribution is 1.63. The second-order valence-corrected chi connectivity index (χ2v) is 9.36. The maximum absolute atomic E-state index is 5.07. The molecular formula is C16H16NPS. The van der Waals surface area contributed by atoms with Gasteiger partial charge in [0.15, 0.2) is 0 Å². The molecular weight excluding hydrogens is 269 g/mol. The van der Waals surface area contributed by atoms with Crippen molar-refractivity contribution < 1.29 is 0 Å². The fourth-order valence-corrected chi connectivity index (χ4v) is 4.84. The SMILES string of the molecule is CP(C)(=Nc1csc2ccccc12)c1ccccc1. The summed E-state index contributed by atoms with van der Waals surface area (Å²) >= 11 is 1.77. The molecule has 0 aliphatic heterocycles. The van der Waals surface area contributed by atoms with Gasteiger partial charge in [-0.25, -0.2) is 0 Å². The molecule has 3 rings (SSSR count). The van der Waals surface area contributed by atoms with Gasteiger partial charge in [0, 0.05) is 22.5 Å². The zero-order valence-corrected chi connectivity index (χ0v) is 12.8. The van der Waals surface area contributed by atoms with Gasteiger partial charge < -0.3 is 0 Å². The first-order valence-corrected chi connectivity index (χ1v) is 9.77. The van der Waals surface area contributed by atoms with E-state index in [1.165, 1.54) is 15.4 Å². The highest BCUT2D eigenvalue weighted by atomic mass is 32.1. The first-order valence-electron chi connectivity index (χ1n) is 6.26. The van der Waals surface area contributed by atoms with E-state index >= 15 is 0 Å². The van der Waals surface area contributed by atoms with Gasteiger partial charge in [-0.1, -0.05) is 48.5 Å². The predicted octanol–water partition coefficient (Wildman–Crippen LogP) is 5.32. The molecule has 1 aromatic heterocycles. The van der Waals surface area contributed by atoms with Crippen molar-refractivity contribution in [1.29, 1.82) is 0 Å². The Bertz CT molecular complexity index is 753. The van der Waals surface area contributed by atoms with E-state index in [2.05, 4.69) is 73.3 Å².